The van der Waals surface area contributed by atoms with Crippen LogP contribution < -0.4 is 5.32 Å². The Morgan fingerprint density at radius 2 is 2.07 bits per heavy atom. The van der Waals surface area contributed by atoms with Crippen LogP contribution >= 0.6 is 0 Å². The van der Waals surface area contributed by atoms with E-state index in [4.69, 9.17) is 5.26 Å². The zero-order valence-corrected chi connectivity index (χ0v) is 16.0. The second-order valence-corrected chi connectivity index (χ2v) is 7.72. The molecule has 29 heavy (non-hydrogen) atoms. The average molecular weight is 383 g/mol. The molecule has 1 amide bonds. The van der Waals surface area contributed by atoms with E-state index in [2.05, 4.69) is 16.5 Å². The summed E-state index contributed by atoms with van der Waals surface area (Å²) in [6, 6.07) is 18.2. The van der Waals surface area contributed by atoms with Gasteiger partial charge in [-0.3, -0.25) is 9.48 Å². The van der Waals surface area contributed by atoms with E-state index in [9.17, 15) is 4.79 Å². The summed E-state index contributed by atoms with van der Waals surface area (Å²) in [5.74, 6) is 0.102. The molecule has 0 bridgehead atoms. The molecule has 0 radical (unpaired) electrons. The van der Waals surface area contributed by atoms with E-state index in [0.29, 0.717) is 18.2 Å². The van der Waals surface area contributed by atoms with E-state index >= 15 is 0 Å². The van der Waals surface area contributed by atoms with Gasteiger partial charge in [0, 0.05) is 43.1 Å². The van der Waals surface area contributed by atoms with Crippen LogP contribution in [-0.4, -0.2) is 39.2 Å². The summed E-state index contributed by atoms with van der Waals surface area (Å²) in [6.07, 6.45) is 4.68. The molecule has 0 aliphatic carbocycles. The third kappa shape index (κ3) is 3.30. The molecule has 3 aromatic rings. The molecule has 2 atom stereocenters. The average Bonchev–Trinajstić information content (AvgIpc) is 3.50. The minimum atomic E-state index is 0.102. The summed E-state index contributed by atoms with van der Waals surface area (Å²) in [4.78, 5) is 15.1. The van der Waals surface area contributed by atoms with Crippen molar-refractivity contribution in [1.29, 1.82) is 5.26 Å². The van der Waals surface area contributed by atoms with Gasteiger partial charge in [-0.25, -0.2) is 0 Å². The number of hydrogen-bond acceptors (Lipinski definition) is 4. The molecular weight excluding hydrogens is 362 g/mol. The van der Waals surface area contributed by atoms with Crippen molar-refractivity contribution in [1.82, 2.24) is 20.0 Å². The number of benzene rings is 2. The van der Waals surface area contributed by atoms with Gasteiger partial charge >= 0.3 is 0 Å². The number of aromatic nitrogens is 2. The maximum atomic E-state index is 13.1. The molecule has 6 nitrogen and oxygen atoms in total. The highest BCUT2D eigenvalue weighted by Gasteiger charge is 2.37. The highest BCUT2D eigenvalue weighted by Crippen LogP contribution is 2.31. The predicted molar refractivity (Wildman–Crippen MR) is 109 cm³/mol. The van der Waals surface area contributed by atoms with Crippen molar-refractivity contribution in [3.05, 3.63) is 77.6 Å². The monoisotopic (exact) mass is 383 g/mol. The molecule has 1 saturated heterocycles. The zero-order valence-electron chi connectivity index (χ0n) is 16.0. The standard InChI is InChI=1S/C23H21N5O/c24-12-16-3-1-4-17(9-16)18-5-6-19-14-28(23(29)22(19)10-18)21-11-20(25-13-21)15-27-8-2-7-26-27/h1-10,20-21,25H,11,13-15H2/t20-,21+/m0/s1. The van der Waals surface area contributed by atoms with Gasteiger partial charge in [-0.05, 0) is 47.4 Å². The molecule has 1 fully saturated rings. The highest BCUT2D eigenvalue weighted by molar-refractivity contribution is 5.99. The Morgan fingerprint density at radius 3 is 2.90 bits per heavy atom. The van der Waals surface area contributed by atoms with Crippen molar-refractivity contribution >= 4 is 5.91 Å². The molecule has 6 heteroatoms. The third-order valence-corrected chi connectivity index (χ3v) is 5.87. The highest BCUT2D eigenvalue weighted by atomic mass is 16.2. The summed E-state index contributed by atoms with van der Waals surface area (Å²) >= 11 is 0. The maximum absolute atomic E-state index is 13.1. The fourth-order valence-corrected chi connectivity index (χ4v) is 4.37. The van der Waals surface area contributed by atoms with E-state index in [1.165, 1.54) is 0 Å². The van der Waals surface area contributed by atoms with E-state index in [1.807, 2.05) is 58.2 Å². The Balaban J connectivity index is 1.33. The van der Waals surface area contributed by atoms with Crippen LogP contribution in [0, 0.1) is 11.3 Å². The number of hydrogen-bond donors (Lipinski definition) is 1. The Hall–Kier alpha value is -3.43. The second kappa shape index (κ2) is 7.19. The second-order valence-electron chi connectivity index (χ2n) is 7.72. The first-order chi connectivity index (χ1) is 14.2. The Bertz CT molecular complexity index is 1100. The first-order valence-corrected chi connectivity index (χ1v) is 9.86. The van der Waals surface area contributed by atoms with Gasteiger partial charge in [0.2, 0.25) is 0 Å². The van der Waals surface area contributed by atoms with Crippen molar-refractivity contribution in [2.75, 3.05) is 6.54 Å². The minimum Gasteiger partial charge on any atom is -0.330 e. The molecule has 2 aromatic carbocycles. The minimum absolute atomic E-state index is 0.102. The summed E-state index contributed by atoms with van der Waals surface area (Å²) < 4.78 is 1.93. The molecular formula is C23H21N5O. The number of amides is 1. The van der Waals surface area contributed by atoms with Crippen molar-refractivity contribution in [3.8, 4) is 17.2 Å². The van der Waals surface area contributed by atoms with Gasteiger partial charge in [0.25, 0.3) is 5.91 Å². The largest absolute Gasteiger partial charge is 0.330 e. The van der Waals surface area contributed by atoms with E-state index < -0.39 is 0 Å². The zero-order chi connectivity index (χ0) is 19.8. The molecule has 0 unspecified atom stereocenters. The molecule has 0 saturated carbocycles. The van der Waals surface area contributed by atoms with Crippen LogP contribution in [0.5, 0.6) is 0 Å². The van der Waals surface area contributed by atoms with E-state index in [-0.39, 0.29) is 11.9 Å². The molecule has 1 aromatic heterocycles. The van der Waals surface area contributed by atoms with Crippen LogP contribution in [0.25, 0.3) is 11.1 Å². The van der Waals surface area contributed by atoms with Crippen LogP contribution in [0.3, 0.4) is 0 Å². The fraction of sp³-hybridized carbons (Fsp3) is 0.261. The van der Waals surface area contributed by atoms with Crippen molar-refractivity contribution in [2.45, 2.75) is 31.6 Å². The van der Waals surface area contributed by atoms with Crippen molar-refractivity contribution in [2.24, 2.45) is 0 Å². The normalized spacial score (nSPS) is 20.7. The summed E-state index contributed by atoms with van der Waals surface area (Å²) in [5, 5.41) is 17.0. The lowest BCUT2D eigenvalue weighted by atomic mass is 9.99. The fourth-order valence-electron chi connectivity index (χ4n) is 4.37. The molecule has 5 rings (SSSR count). The third-order valence-electron chi connectivity index (χ3n) is 5.87. The maximum Gasteiger partial charge on any atom is 0.254 e. The van der Waals surface area contributed by atoms with Crippen LogP contribution in [-0.2, 0) is 13.1 Å². The lowest BCUT2D eigenvalue weighted by molar-refractivity contribution is 0.0715. The quantitative estimate of drug-likeness (QED) is 0.752. The number of rotatable bonds is 4. The molecule has 2 aliphatic rings. The molecule has 1 N–H and O–H groups in total. The number of carbonyl (C=O) groups excluding carboxylic acids is 1. The van der Waals surface area contributed by atoms with E-state index in [0.717, 1.165) is 41.8 Å². The summed E-state index contributed by atoms with van der Waals surface area (Å²) in [5.41, 5.74) is 4.40. The van der Waals surface area contributed by atoms with Gasteiger partial charge in [0.15, 0.2) is 0 Å². The van der Waals surface area contributed by atoms with Gasteiger partial charge in [-0.15, -0.1) is 0 Å². The number of nitriles is 1. The number of nitrogens with one attached hydrogen (secondary N) is 1. The summed E-state index contributed by atoms with van der Waals surface area (Å²) in [7, 11) is 0. The van der Waals surface area contributed by atoms with Crippen LogP contribution in [0.4, 0.5) is 0 Å². The summed E-state index contributed by atoms with van der Waals surface area (Å²) in [6.45, 7) is 2.29. The lowest BCUT2D eigenvalue weighted by Gasteiger charge is -2.23. The number of fused-ring (bicyclic) bond motifs is 1. The first-order valence-electron chi connectivity index (χ1n) is 9.86. The van der Waals surface area contributed by atoms with Crippen molar-refractivity contribution < 1.29 is 4.79 Å². The topological polar surface area (TPSA) is 74.0 Å². The molecule has 2 aliphatic heterocycles. The van der Waals surface area contributed by atoms with Crippen LogP contribution in [0.15, 0.2) is 60.9 Å². The molecule has 3 heterocycles. The van der Waals surface area contributed by atoms with Gasteiger partial charge in [-0.2, -0.15) is 10.4 Å². The molecule has 144 valence electrons. The smallest absolute Gasteiger partial charge is 0.254 e. The SMILES string of the molecule is N#Cc1cccc(-c2ccc3c(c2)C(=O)N([C@H]2CN[C@H](Cn4cccn4)C2)C3)c1. The molecule has 0 spiro atoms. The van der Waals surface area contributed by atoms with Gasteiger partial charge in [0.05, 0.1) is 18.2 Å². The van der Waals surface area contributed by atoms with Crippen LogP contribution in [0.2, 0.25) is 0 Å². The number of carbonyl (C=O) groups is 1. The predicted octanol–water partition coefficient (Wildman–Crippen LogP) is 2.81. The van der Waals surface area contributed by atoms with Crippen molar-refractivity contribution in [3.63, 3.8) is 0 Å². The number of nitrogens with zero attached hydrogens (tertiary/aromatic N) is 4. The Morgan fingerprint density at radius 1 is 1.17 bits per heavy atom. The first kappa shape index (κ1) is 17.7. The van der Waals surface area contributed by atoms with Gasteiger partial charge < -0.3 is 10.2 Å². The van der Waals surface area contributed by atoms with Gasteiger partial charge in [-0.1, -0.05) is 24.3 Å². The van der Waals surface area contributed by atoms with Crippen LogP contribution in [0.1, 0.15) is 27.9 Å². The van der Waals surface area contributed by atoms with E-state index in [1.54, 1.807) is 12.3 Å². The Labute approximate surface area is 169 Å². The Kier molecular flexibility index (Phi) is 4.38. The lowest BCUT2D eigenvalue weighted by Crippen LogP contribution is -2.36. The van der Waals surface area contributed by atoms with Gasteiger partial charge in [0.1, 0.15) is 0 Å².